The second-order valence-corrected chi connectivity index (χ2v) is 28.1. The molecule has 0 saturated carbocycles. The minimum Gasteiger partial charge on any atom is -0.466 e. The van der Waals surface area contributed by atoms with Crippen LogP contribution in [0.5, 0.6) is 0 Å². The van der Waals surface area contributed by atoms with Crippen molar-refractivity contribution in [1.29, 1.82) is 0 Å². The SMILES string of the molecule is CCCCCCCCC/C=C\CCCCCCCC(=O)OCCCCCCCCCCCCCCCCCCCCCCCCCCCCCCCCC(=O)NC(CO)C(O)/C=C/CCCCCCCCCCCCCCCCCCCCCCCCC. The Morgan fingerprint density at radius 3 is 0.807 bits per heavy atom. The molecule has 0 aliphatic heterocycles. The van der Waals surface area contributed by atoms with E-state index in [0.29, 0.717) is 19.4 Å². The zero-order valence-corrected chi connectivity index (χ0v) is 60.0. The van der Waals surface area contributed by atoms with Crippen LogP contribution >= 0.6 is 0 Å². The third-order valence-corrected chi connectivity index (χ3v) is 19.2. The summed E-state index contributed by atoms with van der Waals surface area (Å²) in [6.07, 6.45) is 100. The van der Waals surface area contributed by atoms with E-state index < -0.39 is 12.1 Å². The minimum absolute atomic E-state index is 0.0135. The van der Waals surface area contributed by atoms with Crippen LogP contribution in [0, 0.1) is 0 Å². The fourth-order valence-electron chi connectivity index (χ4n) is 13.0. The zero-order chi connectivity index (χ0) is 63.5. The standard InChI is InChI=1S/C82H159NO5/c1-3-5-7-9-11-13-15-17-19-21-22-23-24-31-34-37-40-43-46-50-54-58-62-66-70-74-80(85)79(78-84)83-81(86)75-71-67-63-59-55-51-47-44-41-38-35-32-29-27-25-26-28-30-33-36-39-42-45-49-53-57-61-65-69-73-77-88-82(87)76-72-68-64-60-56-52-48-20-18-16-14-12-10-8-6-4-2/h20,48,70,74,79-80,84-85H,3-19,21-47,49-69,71-73,75-78H2,1-2H3,(H,83,86)/b48-20-,74-70+. The van der Waals surface area contributed by atoms with Gasteiger partial charge in [-0.2, -0.15) is 0 Å². The van der Waals surface area contributed by atoms with Crippen molar-refractivity contribution in [3.8, 4) is 0 Å². The Hall–Kier alpha value is -1.66. The summed E-state index contributed by atoms with van der Waals surface area (Å²) in [4.78, 5) is 24.7. The second kappa shape index (κ2) is 77.8. The van der Waals surface area contributed by atoms with Gasteiger partial charge in [0.15, 0.2) is 0 Å². The van der Waals surface area contributed by atoms with Crippen molar-refractivity contribution in [2.24, 2.45) is 0 Å². The van der Waals surface area contributed by atoms with E-state index in [1.165, 1.54) is 392 Å². The van der Waals surface area contributed by atoms with Crippen molar-refractivity contribution in [2.45, 2.75) is 475 Å². The van der Waals surface area contributed by atoms with Crippen LogP contribution in [0.15, 0.2) is 24.3 Å². The average molecular weight is 1240 g/mol. The number of amides is 1. The van der Waals surface area contributed by atoms with Gasteiger partial charge in [-0.3, -0.25) is 9.59 Å². The van der Waals surface area contributed by atoms with Gasteiger partial charge in [0.25, 0.3) is 0 Å². The maximum absolute atomic E-state index is 12.6. The van der Waals surface area contributed by atoms with Gasteiger partial charge >= 0.3 is 5.97 Å². The Morgan fingerprint density at radius 1 is 0.307 bits per heavy atom. The number of allylic oxidation sites excluding steroid dienone is 3. The number of carbonyl (C=O) groups is 2. The first-order chi connectivity index (χ1) is 43.5. The molecule has 0 rings (SSSR count). The molecule has 522 valence electrons. The predicted molar refractivity (Wildman–Crippen MR) is 389 cm³/mol. The highest BCUT2D eigenvalue weighted by molar-refractivity contribution is 5.76. The fourth-order valence-corrected chi connectivity index (χ4v) is 13.0. The first-order valence-corrected chi connectivity index (χ1v) is 40.6. The molecule has 6 nitrogen and oxygen atoms in total. The number of carbonyl (C=O) groups excluding carboxylic acids is 2. The van der Waals surface area contributed by atoms with E-state index in [-0.39, 0.29) is 18.5 Å². The van der Waals surface area contributed by atoms with E-state index in [1.54, 1.807) is 6.08 Å². The van der Waals surface area contributed by atoms with E-state index in [1.807, 2.05) is 6.08 Å². The van der Waals surface area contributed by atoms with Crippen molar-refractivity contribution in [1.82, 2.24) is 5.32 Å². The number of hydrogen-bond acceptors (Lipinski definition) is 5. The molecule has 0 aromatic carbocycles. The van der Waals surface area contributed by atoms with Crippen LogP contribution in [-0.2, 0) is 14.3 Å². The molecule has 0 radical (unpaired) electrons. The number of unbranched alkanes of at least 4 members (excludes halogenated alkanes) is 64. The fraction of sp³-hybridized carbons (Fsp3) is 0.927. The average Bonchev–Trinajstić information content (AvgIpc) is 3.58. The zero-order valence-electron chi connectivity index (χ0n) is 60.0. The highest BCUT2D eigenvalue weighted by Gasteiger charge is 2.18. The first kappa shape index (κ1) is 86.3. The van der Waals surface area contributed by atoms with E-state index in [4.69, 9.17) is 4.74 Å². The lowest BCUT2D eigenvalue weighted by molar-refractivity contribution is -0.143. The van der Waals surface area contributed by atoms with Gasteiger partial charge in [-0.05, 0) is 57.8 Å². The summed E-state index contributed by atoms with van der Waals surface area (Å²) >= 11 is 0. The van der Waals surface area contributed by atoms with Gasteiger partial charge in [-0.1, -0.05) is 417 Å². The third kappa shape index (κ3) is 73.4. The van der Waals surface area contributed by atoms with Gasteiger partial charge < -0.3 is 20.3 Å². The summed E-state index contributed by atoms with van der Waals surface area (Å²) in [5.41, 5.74) is 0. The number of hydrogen-bond donors (Lipinski definition) is 3. The molecule has 0 aromatic rings. The minimum atomic E-state index is -0.843. The Labute approximate surface area is 551 Å². The Kier molecular flexibility index (Phi) is 76.3. The molecule has 0 saturated heterocycles. The molecule has 0 fully saturated rings. The Bertz CT molecular complexity index is 1380. The summed E-state index contributed by atoms with van der Waals surface area (Å²) in [5.74, 6) is -0.0450. The summed E-state index contributed by atoms with van der Waals surface area (Å²) in [6, 6.07) is -0.626. The van der Waals surface area contributed by atoms with Crippen molar-refractivity contribution in [2.75, 3.05) is 13.2 Å². The van der Waals surface area contributed by atoms with E-state index >= 15 is 0 Å². The van der Waals surface area contributed by atoms with Crippen molar-refractivity contribution >= 4 is 11.9 Å². The van der Waals surface area contributed by atoms with Gasteiger partial charge in [-0.25, -0.2) is 0 Å². The summed E-state index contributed by atoms with van der Waals surface area (Å²) in [6.45, 7) is 4.95. The predicted octanol–water partition coefficient (Wildman–Crippen LogP) is 26.8. The molecular formula is C82H159NO5. The molecular weight excluding hydrogens is 1080 g/mol. The van der Waals surface area contributed by atoms with Crippen LogP contribution in [-0.4, -0.2) is 47.4 Å². The molecule has 0 heterocycles. The Morgan fingerprint density at radius 2 is 0.534 bits per heavy atom. The van der Waals surface area contributed by atoms with Crippen LogP contribution in [0.3, 0.4) is 0 Å². The molecule has 0 bridgehead atoms. The largest absolute Gasteiger partial charge is 0.466 e. The molecule has 0 spiro atoms. The third-order valence-electron chi connectivity index (χ3n) is 19.2. The maximum Gasteiger partial charge on any atom is 0.305 e. The van der Waals surface area contributed by atoms with Crippen LogP contribution in [0.4, 0.5) is 0 Å². The topological polar surface area (TPSA) is 95.9 Å². The molecule has 1 amide bonds. The van der Waals surface area contributed by atoms with Crippen LogP contribution < -0.4 is 5.32 Å². The number of aliphatic hydroxyl groups excluding tert-OH is 2. The summed E-state index contributed by atoms with van der Waals surface area (Å²) in [7, 11) is 0. The van der Waals surface area contributed by atoms with Crippen LogP contribution in [0.1, 0.15) is 463 Å². The summed E-state index contributed by atoms with van der Waals surface area (Å²) < 4.78 is 5.50. The number of esters is 1. The quantitative estimate of drug-likeness (QED) is 0.0320. The molecule has 0 aliphatic carbocycles. The van der Waals surface area contributed by atoms with Crippen molar-refractivity contribution in [3.63, 3.8) is 0 Å². The summed E-state index contributed by atoms with van der Waals surface area (Å²) in [5, 5.41) is 23.3. The first-order valence-electron chi connectivity index (χ1n) is 40.6. The van der Waals surface area contributed by atoms with Gasteiger partial charge in [0.1, 0.15) is 0 Å². The normalized spacial score (nSPS) is 12.5. The smallest absolute Gasteiger partial charge is 0.305 e. The van der Waals surface area contributed by atoms with Crippen molar-refractivity contribution < 1.29 is 24.5 Å². The second-order valence-electron chi connectivity index (χ2n) is 28.1. The number of nitrogens with one attached hydrogen (secondary N) is 1. The van der Waals surface area contributed by atoms with E-state index in [9.17, 15) is 19.8 Å². The van der Waals surface area contributed by atoms with Crippen LogP contribution in [0.25, 0.3) is 0 Å². The maximum atomic E-state index is 12.6. The lowest BCUT2D eigenvalue weighted by atomic mass is 10.0. The molecule has 0 aromatic heterocycles. The number of rotatable bonds is 77. The number of aliphatic hydroxyl groups is 2. The van der Waals surface area contributed by atoms with Gasteiger partial charge in [0, 0.05) is 12.8 Å². The highest BCUT2D eigenvalue weighted by Crippen LogP contribution is 2.20. The van der Waals surface area contributed by atoms with E-state index in [2.05, 4.69) is 31.3 Å². The van der Waals surface area contributed by atoms with Gasteiger partial charge in [0.05, 0.1) is 25.4 Å². The molecule has 0 aliphatic rings. The molecule has 2 atom stereocenters. The van der Waals surface area contributed by atoms with Gasteiger partial charge in [0.2, 0.25) is 5.91 Å². The van der Waals surface area contributed by atoms with Gasteiger partial charge in [-0.15, -0.1) is 0 Å². The molecule has 88 heavy (non-hydrogen) atoms. The van der Waals surface area contributed by atoms with Crippen LogP contribution in [0.2, 0.25) is 0 Å². The highest BCUT2D eigenvalue weighted by atomic mass is 16.5. The molecule has 6 heteroatoms. The molecule has 2 unspecified atom stereocenters. The van der Waals surface area contributed by atoms with Crippen molar-refractivity contribution in [3.05, 3.63) is 24.3 Å². The monoisotopic (exact) mass is 1240 g/mol. The lowest BCUT2D eigenvalue weighted by Gasteiger charge is -2.20. The number of ether oxygens (including phenoxy) is 1. The molecule has 3 N–H and O–H groups in total. The van der Waals surface area contributed by atoms with E-state index in [0.717, 1.165) is 44.9 Å². The lowest BCUT2D eigenvalue weighted by Crippen LogP contribution is -2.45. The Balaban J connectivity index is 3.36.